The van der Waals surface area contributed by atoms with Crippen LogP contribution in [0, 0.1) is 0 Å². The zero-order valence-electron chi connectivity index (χ0n) is 11.2. The lowest BCUT2D eigenvalue weighted by Gasteiger charge is -2.21. The van der Waals surface area contributed by atoms with Gasteiger partial charge >= 0.3 is 0 Å². The number of halogens is 1. The molecule has 1 heterocycles. The van der Waals surface area contributed by atoms with Gasteiger partial charge < -0.3 is 5.32 Å². The Morgan fingerprint density at radius 2 is 2.16 bits per heavy atom. The Morgan fingerprint density at radius 1 is 1.37 bits per heavy atom. The number of nitrogens with one attached hydrogen (secondary N) is 2. The zero-order chi connectivity index (χ0) is 13.9. The van der Waals surface area contributed by atoms with Crippen molar-refractivity contribution in [3.8, 4) is 0 Å². The minimum atomic E-state index is 0.0660. The Kier molecular flexibility index (Phi) is 4.50. The largest absolute Gasteiger partial charge is 0.308 e. The molecule has 0 atom stereocenters. The van der Waals surface area contributed by atoms with Crippen LogP contribution in [0.1, 0.15) is 26.3 Å². The van der Waals surface area contributed by atoms with Crippen LogP contribution in [0.3, 0.4) is 0 Å². The van der Waals surface area contributed by atoms with E-state index in [0.29, 0.717) is 0 Å². The smallest absolute Gasteiger partial charge is 0.188 e. The number of nitrogens with zero attached hydrogens (tertiary/aromatic N) is 2. The predicted molar refractivity (Wildman–Crippen MR) is 78.6 cm³/mol. The van der Waals surface area contributed by atoms with Crippen molar-refractivity contribution in [1.82, 2.24) is 20.5 Å². The van der Waals surface area contributed by atoms with Crippen LogP contribution in [-0.2, 0) is 6.54 Å². The number of hydrogen-bond acceptors (Lipinski definition) is 4. The second kappa shape index (κ2) is 5.94. The lowest BCUT2D eigenvalue weighted by Crippen LogP contribution is -2.35. The van der Waals surface area contributed by atoms with Crippen molar-refractivity contribution in [2.24, 2.45) is 0 Å². The molecule has 2 aromatic rings. The number of H-pyrrole nitrogens is 1. The maximum atomic E-state index is 6.29. The van der Waals surface area contributed by atoms with Gasteiger partial charge in [0.1, 0.15) is 6.33 Å². The van der Waals surface area contributed by atoms with E-state index in [-0.39, 0.29) is 5.54 Å². The van der Waals surface area contributed by atoms with Crippen molar-refractivity contribution in [3.63, 3.8) is 0 Å². The number of benzene rings is 1. The molecule has 1 aromatic carbocycles. The maximum Gasteiger partial charge on any atom is 0.188 e. The van der Waals surface area contributed by atoms with Crippen molar-refractivity contribution < 1.29 is 0 Å². The second-order valence-electron chi connectivity index (χ2n) is 5.22. The molecule has 4 nitrogen and oxygen atoms in total. The first-order chi connectivity index (χ1) is 8.96. The molecule has 0 unspecified atom stereocenters. The molecule has 0 saturated heterocycles. The summed E-state index contributed by atoms with van der Waals surface area (Å²) in [6.07, 6.45) is 1.49. The summed E-state index contributed by atoms with van der Waals surface area (Å²) in [4.78, 5) is 5.13. The molecule has 0 saturated carbocycles. The molecule has 102 valence electrons. The van der Waals surface area contributed by atoms with Crippen LogP contribution in [-0.4, -0.2) is 20.7 Å². The standard InChI is InChI=1S/C13H17ClN4S/c1-13(2,3)16-7-9-5-4-6-10(14)11(9)19-12-15-8-17-18-12/h4-6,8,16H,7H2,1-3H3,(H,15,17,18). The summed E-state index contributed by atoms with van der Waals surface area (Å²) in [6.45, 7) is 7.18. The SMILES string of the molecule is CC(C)(C)NCc1cccc(Cl)c1Sc1ncn[nH]1. The van der Waals surface area contributed by atoms with Gasteiger partial charge in [-0.3, -0.25) is 5.10 Å². The molecule has 19 heavy (non-hydrogen) atoms. The van der Waals surface area contributed by atoms with Crippen LogP contribution in [0.25, 0.3) is 0 Å². The highest BCUT2D eigenvalue weighted by molar-refractivity contribution is 7.99. The van der Waals surface area contributed by atoms with Gasteiger partial charge in [0.2, 0.25) is 0 Å². The average Bonchev–Trinajstić information content (AvgIpc) is 2.82. The van der Waals surface area contributed by atoms with Gasteiger partial charge in [0.25, 0.3) is 0 Å². The molecular formula is C13H17ClN4S. The summed E-state index contributed by atoms with van der Waals surface area (Å²) in [5, 5.41) is 11.6. The van der Waals surface area contributed by atoms with E-state index >= 15 is 0 Å². The minimum Gasteiger partial charge on any atom is -0.308 e. The molecule has 2 N–H and O–H groups in total. The van der Waals surface area contributed by atoms with E-state index in [1.807, 2.05) is 12.1 Å². The topological polar surface area (TPSA) is 53.6 Å². The van der Waals surface area contributed by atoms with Crippen molar-refractivity contribution in [2.75, 3.05) is 0 Å². The van der Waals surface area contributed by atoms with E-state index in [0.717, 1.165) is 27.2 Å². The summed E-state index contributed by atoms with van der Waals surface area (Å²) in [7, 11) is 0. The van der Waals surface area contributed by atoms with Crippen molar-refractivity contribution in [3.05, 3.63) is 35.1 Å². The van der Waals surface area contributed by atoms with Gasteiger partial charge in [-0.05, 0) is 44.2 Å². The fraction of sp³-hybridized carbons (Fsp3) is 0.385. The third-order valence-corrected chi connectivity index (χ3v) is 3.95. The van der Waals surface area contributed by atoms with E-state index in [2.05, 4.69) is 47.3 Å². The quantitative estimate of drug-likeness (QED) is 0.907. The predicted octanol–water partition coefficient (Wildman–Crippen LogP) is 3.50. The molecule has 0 amide bonds. The Balaban J connectivity index is 2.21. The lowest BCUT2D eigenvalue weighted by molar-refractivity contribution is 0.422. The minimum absolute atomic E-state index is 0.0660. The summed E-state index contributed by atoms with van der Waals surface area (Å²) in [6, 6.07) is 5.93. The van der Waals surface area contributed by atoms with Crippen LogP contribution < -0.4 is 5.32 Å². The van der Waals surface area contributed by atoms with Crippen LogP contribution in [0.2, 0.25) is 5.02 Å². The molecule has 0 fully saturated rings. The summed E-state index contributed by atoms with van der Waals surface area (Å²) >= 11 is 7.78. The normalized spacial score (nSPS) is 11.8. The van der Waals surface area contributed by atoms with Gasteiger partial charge in [0, 0.05) is 17.0 Å². The van der Waals surface area contributed by atoms with E-state index < -0.39 is 0 Å². The first-order valence-electron chi connectivity index (χ1n) is 6.01. The molecule has 2 rings (SSSR count). The lowest BCUT2D eigenvalue weighted by atomic mass is 10.1. The Bertz CT molecular complexity index is 534. The van der Waals surface area contributed by atoms with Crippen LogP contribution in [0.4, 0.5) is 0 Å². The molecule has 0 aliphatic heterocycles. The molecule has 0 spiro atoms. The molecule has 1 aromatic heterocycles. The number of aromatic amines is 1. The molecule has 0 aliphatic carbocycles. The molecule has 6 heteroatoms. The van der Waals surface area contributed by atoms with Crippen LogP contribution in [0.15, 0.2) is 34.6 Å². The van der Waals surface area contributed by atoms with E-state index in [1.54, 1.807) is 0 Å². The fourth-order valence-electron chi connectivity index (χ4n) is 1.51. The Labute approximate surface area is 122 Å². The Morgan fingerprint density at radius 3 is 2.79 bits per heavy atom. The van der Waals surface area contributed by atoms with Crippen LogP contribution >= 0.6 is 23.4 Å². The second-order valence-corrected chi connectivity index (χ2v) is 6.63. The van der Waals surface area contributed by atoms with Gasteiger partial charge in [0.05, 0.1) is 5.02 Å². The first kappa shape index (κ1) is 14.4. The van der Waals surface area contributed by atoms with Gasteiger partial charge in [0.15, 0.2) is 5.16 Å². The first-order valence-corrected chi connectivity index (χ1v) is 7.21. The highest BCUT2D eigenvalue weighted by Crippen LogP contribution is 2.34. The number of aromatic nitrogens is 3. The Hall–Kier alpha value is -1.04. The molecule has 0 radical (unpaired) electrons. The summed E-state index contributed by atoms with van der Waals surface area (Å²) < 4.78 is 0. The highest BCUT2D eigenvalue weighted by atomic mass is 35.5. The fourth-order valence-corrected chi connectivity index (χ4v) is 2.65. The summed E-state index contributed by atoms with van der Waals surface area (Å²) in [5.74, 6) is 0. The molecular weight excluding hydrogens is 280 g/mol. The monoisotopic (exact) mass is 296 g/mol. The van der Waals surface area contributed by atoms with E-state index in [1.165, 1.54) is 18.1 Å². The zero-order valence-corrected chi connectivity index (χ0v) is 12.8. The van der Waals surface area contributed by atoms with Crippen molar-refractivity contribution in [1.29, 1.82) is 0 Å². The molecule has 0 bridgehead atoms. The summed E-state index contributed by atoms with van der Waals surface area (Å²) in [5.41, 5.74) is 1.22. The van der Waals surface area contributed by atoms with Crippen molar-refractivity contribution >= 4 is 23.4 Å². The van der Waals surface area contributed by atoms with Crippen molar-refractivity contribution in [2.45, 2.75) is 42.9 Å². The van der Waals surface area contributed by atoms with Gasteiger partial charge in [-0.15, -0.1) is 0 Å². The van der Waals surface area contributed by atoms with Crippen LogP contribution in [0.5, 0.6) is 0 Å². The number of rotatable bonds is 4. The third-order valence-electron chi connectivity index (χ3n) is 2.45. The van der Waals surface area contributed by atoms with Gasteiger partial charge in [-0.1, -0.05) is 23.7 Å². The van der Waals surface area contributed by atoms with Gasteiger partial charge in [-0.2, -0.15) is 5.10 Å². The third kappa shape index (κ3) is 4.23. The highest BCUT2D eigenvalue weighted by Gasteiger charge is 2.13. The number of hydrogen-bond donors (Lipinski definition) is 2. The van der Waals surface area contributed by atoms with Gasteiger partial charge in [-0.25, -0.2) is 4.98 Å². The molecule has 0 aliphatic rings. The van der Waals surface area contributed by atoms with E-state index in [4.69, 9.17) is 11.6 Å². The average molecular weight is 297 g/mol. The maximum absolute atomic E-state index is 6.29. The van der Waals surface area contributed by atoms with E-state index in [9.17, 15) is 0 Å².